The number of hydrogen-bond donors (Lipinski definition) is 1. The van der Waals surface area contributed by atoms with Crippen molar-refractivity contribution in [2.45, 2.75) is 32.7 Å². The summed E-state index contributed by atoms with van der Waals surface area (Å²) in [6, 6.07) is 8.08. The van der Waals surface area contributed by atoms with Gasteiger partial charge >= 0.3 is 5.97 Å². The summed E-state index contributed by atoms with van der Waals surface area (Å²) in [4.78, 5) is 10.5. The molecule has 0 unspecified atom stereocenters. The topological polar surface area (TPSA) is 80.9 Å². The van der Waals surface area contributed by atoms with Crippen LogP contribution in [0.3, 0.4) is 0 Å². The molecule has 0 fully saturated rings. The molecule has 0 bridgehead atoms. The zero-order valence-electron chi connectivity index (χ0n) is 10.8. The van der Waals surface area contributed by atoms with Gasteiger partial charge in [0.25, 0.3) is 0 Å². The Labute approximate surface area is 111 Å². The molecule has 2 aromatic rings. The third-order valence-electron chi connectivity index (χ3n) is 2.98. The van der Waals surface area contributed by atoms with Gasteiger partial charge in [0.2, 0.25) is 0 Å². The minimum Gasteiger partial charge on any atom is -0.481 e. The van der Waals surface area contributed by atoms with Crippen molar-refractivity contribution in [2.24, 2.45) is 0 Å². The van der Waals surface area contributed by atoms with Crippen LogP contribution in [0.15, 0.2) is 24.3 Å². The number of aryl methyl sites for hydroxylation is 2. The fourth-order valence-electron chi connectivity index (χ4n) is 1.88. The molecule has 0 aliphatic heterocycles. The van der Waals surface area contributed by atoms with Crippen LogP contribution in [0.25, 0.3) is 0 Å². The molecular formula is C13H16N4O2. The fourth-order valence-corrected chi connectivity index (χ4v) is 1.88. The Morgan fingerprint density at radius 2 is 2.16 bits per heavy atom. The maximum Gasteiger partial charge on any atom is 0.303 e. The van der Waals surface area contributed by atoms with Gasteiger partial charge in [-0.05, 0) is 34.9 Å². The van der Waals surface area contributed by atoms with Gasteiger partial charge in [-0.3, -0.25) is 4.79 Å². The van der Waals surface area contributed by atoms with Gasteiger partial charge in [0.1, 0.15) is 0 Å². The van der Waals surface area contributed by atoms with Crippen molar-refractivity contribution in [3.63, 3.8) is 0 Å². The van der Waals surface area contributed by atoms with E-state index in [9.17, 15) is 4.79 Å². The maximum absolute atomic E-state index is 10.5. The fraction of sp³-hybridized carbons (Fsp3) is 0.385. The predicted molar refractivity (Wildman–Crippen MR) is 68.7 cm³/mol. The summed E-state index contributed by atoms with van der Waals surface area (Å²) in [6.07, 6.45) is 1.32. The van der Waals surface area contributed by atoms with E-state index in [1.54, 1.807) is 4.68 Å². The second-order valence-corrected chi connectivity index (χ2v) is 4.42. The van der Waals surface area contributed by atoms with Crippen LogP contribution in [0.2, 0.25) is 0 Å². The Balaban J connectivity index is 2.03. The highest BCUT2D eigenvalue weighted by Crippen LogP contribution is 2.11. The first-order valence-electron chi connectivity index (χ1n) is 6.18. The van der Waals surface area contributed by atoms with Gasteiger partial charge in [-0.2, -0.15) is 0 Å². The summed E-state index contributed by atoms with van der Waals surface area (Å²) in [7, 11) is 0. The molecule has 0 aliphatic rings. The summed E-state index contributed by atoms with van der Waals surface area (Å²) in [5, 5.41) is 20.2. The molecule has 19 heavy (non-hydrogen) atoms. The summed E-state index contributed by atoms with van der Waals surface area (Å²) < 4.78 is 1.68. The van der Waals surface area contributed by atoms with Crippen LogP contribution in [0, 0.1) is 6.92 Å². The SMILES string of the molecule is Cc1ccccc1Cc1nnnn1CCCC(=O)O. The van der Waals surface area contributed by atoms with Crippen LogP contribution in [0.5, 0.6) is 0 Å². The minimum absolute atomic E-state index is 0.129. The molecule has 0 spiro atoms. The van der Waals surface area contributed by atoms with Gasteiger partial charge < -0.3 is 5.11 Å². The van der Waals surface area contributed by atoms with Crippen molar-refractivity contribution in [3.8, 4) is 0 Å². The molecule has 1 aromatic heterocycles. The minimum atomic E-state index is -0.798. The van der Waals surface area contributed by atoms with Crippen molar-refractivity contribution >= 4 is 5.97 Å². The van der Waals surface area contributed by atoms with Gasteiger partial charge in [-0.25, -0.2) is 4.68 Å². The number of benzene rings is 1. The Hall–Kier alpha value is -2.24. The first-order chi connectivity index (χ1) is 9.16. The summed E-state index contributed by atoms with van der Waals surface area (Å²) in [5.74, 6) is -0.0341. The molecule has 0 atom stereocenters. The third-order valence-corrected chi connectivity index (χ3v) is 2.98. The van der Waals surface area contributed by atoms with Gasteiger partial charge in [0.15, 0.2) is 5.82 Å². The third kappa shape index (κ3) is 3.61. The lowest BCUT2D eigenvalue weighted by atomic mass is 10.1. The van der Waals surface area contributed by atoms with E-state index in [0.29, 0.717) is 19.4 Å². The molecule has 0 aliphatic carbocycles. The molecule has 1 aromatic carbocycles. The molecule has 0 saturated carbocycles. The van der Waals surface area contributed by atoms with Crippen molar-refractivity contribution in [1.82, 2.24) is 20.2 Å². The largest absolute Gasteiger partial charge is 0.481 e. The zero-order chi connectivity index (χ0) is 13.7. The number of carboxylic acids is 1. The molecule has 2 rings (SSSR count). The molecule has 0 radical (unpaired) electrons. The Bertz CT molecular complexity index is 565. The van der Waals surface area contributed by atoms with E-state index in [-0.39, 0.29) is 6.42 Å². The smallest absolute Gasteiger partial charge is 0.303 e. The molecule has 100 valence electrons. The van der Waals surface area contributed by atoms with E-state index in [4.69, 9.17) is 5.11 Å². The average Bonchev–Trinajstić information content (AvgIpc) is 2.79. The highest BCUT2D eigenvalue weighted by Gasteiger charge is 2.09. The molecular weight excluding hydrogens is 244 g/mol. The monoisotopic (exact) mass is 260 g/mol. The highest BCUT2D eigenvalue weighted by atomic mass is 16.4. The van der Waals surface area contributed by atoms with Crippen LogP contribution in [0.1, 0.15) is 29.8 Å². The van der Waals surface area contributed by atoms with Crippen LogP contribution in [-0.4, -0.2) is 31.3 Å². The lowest BCUT2D eigenvalue weighted by Gasteiger charge is -2.06. The molecule has 0 saturated heterocycles. The first kappa shape index (κ1) is 13.2. The van der Waals surface area contributed by atoms with Gasteiger partial charge in [-0.15, -0.1) is 5.10 Å². The van der Waals surface area contributed by atoms with Crippen LogP contribution < -0.4 is 0 Å². The van der Waals surface area contributed by atoms with E-state index < -0.39 is 5.97 Å². The quantitative estimate of drug-likeness (QED) is 0.849. The first-order valence-corrected chi connectivity index (χ1v) is 6.18. The van der Waals surface area contributed by atoms with E-state index in [1.165, 1.54) is 11.1 Å². The van der Waals surface area contributed by atoms with E-state index in [2.05, 4.69) is 15.5 Å². The van der Waals surface area contributed by atoms with Crippen molar-refractivity contribution in [3.05, 3.63) is 41.2 Å². The Kier molecular flexibility index (Phi) is 4.22. The number of nitrogens with zero attached hydrogens (tertiary/aromatic N) is 4. The van der Waals surface area contributed by atoms with Gasteiger partial charge in [0, 0.05) is 19.4 Å². The number of aromatic nitrogens is 4. The normalized spacial score (nSPS) is 10.6. The Morgan fingerprint density at radius 3 is 2.89 bits per heavy atom. The number of rotatable bonds is 6. The highest BCUT2D eigenvalue weighted by molar-refractivity contribution is 5.66. The summed E-state index contributed by atoms with van der Waals surface area (Å²) >= 11 is 0. The molecule has 1 heterocycles. The second-order valence-electron chi connectivity index (χ2n) is 4.42. The number of tetrazole rings is 1. The number of carbonyl (C=O) groups is 1. The zero-order valence-corrected chi connectivity index (χ0v) is 10.8. The molecule has 6 nitrogen and oxygen atoms in total. The number of hydrogen-bond acceptors (Lipinski definition) is 4. The van der Waals surface area contributed by atoms with Crippen LogP contribution >= 0.6 is 0 Å². The average molecular weight is 260 g/mol. The van der Waals surface area contributed by atoms with Gasteiger partial charge in [-0.1, -0.05) is 24.3 Å². The molecule has 0 amide bonds. The summed E-state index contributed by atoms with van der Waals surface area (Å²) in [5.41, 5.74) is 2.37. The van der Waals surface area contributed by atoms with Crippen molar-refractivity contribution in [2.75, 3.05) is 0 Å². The lowest BCUT2D eigenvalue weighted by molar-refractivity contribution is -0.137. The second kappa shape index (κ2) is 6.08. The number of aliphatic carboxylic acids is 1. The Morgan fingerprint density at radius 1 is 1.37 bits per heavy atom. The van der Waals surface area contributed by atoms with Gasteiger partial charge in [0.05, 0.1) is 0 Å². The standard InChI is InChI=1S/C13H16N4O2/c1-10-5-2-3-6-11(10)9-12-14-15-16-17(12)8-4-7-13(18)19/h2-3,5-6H,4,7-9H2,1H3,(H,18,19). The van der Waals surface area contributed by atoms with Crippen molar-refractivity contribution < 1.29 is 9.90 Å². The molecule has 6 heteroatoms. The maximum atomic E-state index is 10.5. The lowest BCUT2D eigenvalue weighted by Crippen LogP contribution is -2.08. The van der Waals surface area contributed by atoms with Crippen molar-refractivity contribution in [1.29, 1.82) is 0 Å². The van der Waals surface area contributed by atoms with E-state index >= 15 is 0 Å². The number of carboxylic acid groups (broad SMARTS) is 1. The van der Waals surface area contributed by atoms with Crippen LogP contribution in [0.4, 0.5) is 0 Å². The molecule has 1 N–H and O–H groups in total. The van der Waals surface area contributed by atoms with Crippen LogP contribution in [-0.2, 0) is 17.8 Å². The summed E-state index contributed by atoms with van der Waals surface area (Å²) in [6.45, 7) is 2.58. The van der Waals surface area contributed by atoms with E-state index in [1.807, 2.05) is 31.2 Å². The predicted octanol–water partition coefficient (Wildman–Crippen LogP) is 1.44. The van der Waals surface area contributed by atoms with E-state index in [0.717, 1.165) is 5.82 Å².